The molecule has 2 N–H and O–H groups in total. The van der Waals surface area contributed by atoms with E-state index in [2.05, 4.69) is 0 Å². The van der Waals surface area contributed by atoms with Gasteiger partial charge in [0.05, 0.1) is 12.5 Å². The van der Waals surface area contributed by atoms with Crippen LogP contribution in [0, 0.1) is 5.92 Å². The molecule has 1 atom stereocenters. The number of carbonyl (C=O) groups is 1. The van der Waals surface area contributed by atoms with Gasteiger partial charge in [0.1, 0.15) is 0 Å². The van der Waals surface area contributed by atoms with Gasteiger partial charge in [-0.3, -0.25) is 5.21 Å². The molecule has 12 heavy (non-hydrogen) atoms. The zero-order valence-corrected chi connectivity index (χ0v) is 6.17. The molecule has 1 amide bonds. The Morgan fingerprint density at radius 2 is 2.00 bits per heavy atom. The van der Waals surface area contributed by atoms with E-state index in [0.717, 1.165) is 6.92 Å². The van der Waals surface area contributed by atoms with Gasteiger partial charge in [0, 0.05) is 0 Å². The summed E-state index contributed by atoms with van der Waals surface area (Å²) in [5, 5.41) is 16.0. The Bertz CT molecular complexity index is 170. The molecule has 0 bridgehead atoms. The normalized spacial score (nSPS) is 14.1. The fourth-order valence-corrected chi connectivity index (χ4v) is 0.441. The van der Waals surface area contributed by atoms with Gasteiger partial charge in [0.2, 0.25) is 0 Å². The van der Waals surface area contributed by atoms with Crippen molar-refractivity contribution in [1.82, 2.24) is 5.06 Å². The Morgan fingerprint density at radius 3 is 2.25 bits per heavy atom. The van der Waals surface area contributed by atoms with Crippen LogP contribution in [-0.4, -0.2) is 34.2 Å². The van der Waals surface area contributed by atoms with Gasteiger partial charge >= 0.3 is 12.3 Å². The van der Waals surface area contributed by atoms with Crippen LogP contribution in [0.15, 0.2) is 0 Å². The molecule has 0 aromatic heterocycles. The fraction of sp³-hybridized carbons (Fsp3) is 0.800. The van der Waals surface area contributed by atoms with Crippen LogP contribution in [0.25, 0.3) is 0 Å². The van der Waals surface area contributed by atoms with E-state index in [9.17, 15) is 18.0 Å². The molecule has 0 aromatic rings. The van der Waals surface area contributed by atoms with Gasteiger partial charge in [-0.1, -0.05) is 6.92 Å². The van der Waals surface area contributed by atoms with Gasteiger partial charge in [-0.05, 0) is 0 Å². The van der Waals surface area contributed by atoms with E-state index < -0.39 is 29.8 Å². The molecule has 0 aliphatic carbocycles. The summed E-state index contributed by atoms with van der Waals surface area (Å²) in [5.74, 6) is -1.88. The summed E-state index contributed by atoms with van der Waals surface area (Å²) >= 11 is 0. The minimum atomic E-state index is -4.49. The maximum Gasteiger partial charge on any atom is 0.431 e. The highest BCUT2D eigenvalue weighted by atomic mass is 19.4. The number of hydrogen-bond acceptors (Lipinski definition) is 2. The second kappa shape index (κ2) is 3.61. The van der Waals surface area contributed by atoms with Crippen molar-refractivity contribution in [3.8, 4) is 0 Å². The summed E-state index contributed by atoms with van der Waals surface area (Å²) in [6.45, 7) is -0.189. The first-order chi connectivity index (χ1) is 5.25. The predicted molar refractivity (Wildman–Crippen MR) is 31.7 cm³/mol. The lowest BCUT2D eigenvalue weighted by Crippen LogP contribution is -2.36. The average Bonchev–Trinajstić information content (AvgIpc) is 1.85. The van der Waals surface area contributed by atoms with E-state index in [0.29, 0.717) is 0 Å². The first-order valence-corrected chi connectivity index (χ1v) is 3.01. The summed E-state index contributed by atoms with van der Waals surface area (Å²) < 4.78 is 35.2. The molecule has 0 aliphatic heterocycles. The van der Waals surface area contributed by atoms with Crippen molar-refractivity contribution in [2.24, 2.45) is 5.92 Å². The van der Waals surface area contributed by atoms with Crippen LogP contribution in [0.4, 0.5) is 18.0 Å². The predicted octanol–water partition coefficient (Wildman–Crippen LogP) is 1.55. The van der Waals surface area contributed by atoms with Crippen molar-refractivity contribution in [2.45, 2.75) is 13.1 Å². The average molecular weight is 187 g/mol. The highest BCUT2D eigenvalue weighted by Crippen LogP contribution is 2.25. The van der Waals surface area contributed by atoms with Crippen molar-refractivity contribution in [1.29, 1.82) is 0 Å². The third-order valence-corrected chi connectivity index (χ3v) is 1.23. The number of nitrogens with zero attached hydrogens (tertiary/aromatic N) is 1. The Labute approximate surface area is 66.2 Å². The molecule has 0 aromatic carbocycles. The Balaban J connectivity index is 4.01. The van der Waals surface area contributed by atoms with Gasteiger partial charge in [0.25, 0.3) is 0 Å². The zero-order valence-electron chi connectivity index (χ0n) is 6.17. The van der Waals surface area contributed by atoms with E-state index in [1.807, 2.05) is 0 Å². The molecule has 0 heterocycles. The van der Waals surface area contributed by atoms with Crippen LogP contribution in [0.2, 0.25) is 0 Å². The monoisotopic (exact) mass is 187 g/mol. The van der Waals surface area contributed by atoms with Crippen molar-refractivity contribution in [3.63, 3.8) is 0 Å². The van der Waals surface area contributed by atoms with Gasteiger partial charge in [-0.2, -0.15) is 18.2 Å². The third kappa shape index (κ3) is 3.42. The quantitative estimate of drug-likeness (QED) is 0.509. The van der Waals surface area contributed by atoms with E-state index in [1.54, 1.807) is 0 Å². The van der Waals surface area contributed by atoms with E-state index >= 15 is 0 Å². The molecule has 0 aliphatic rings. The molecule has 0 saturated heterocycles. The minimum absolute atomic E-state index is 0.391. The maximum absolute atomic E-state index is 11.7. The van der Waals surface area contributed by atoms with Crippen LogP contribution < -0.4 is 0 Å². The van der Waals surface area contributed by atoms with Gasteiger partial charge in [-0.15, -0.1) is 0 Å². The molecular weight excluding hydrogens is 179 g/mol. The van der Waals surface area contributed by atoms with Crippen molar-refractivity contribution < 1.29 is 28.3 Å². The lowest BCUT2D eigenvalue weighted by atomic mass is 10.2. The minimum Gasteiger partial charge on any atom is -0.463 e. The topological polar surface area (TPSA) is 60.8 Å². The highest BCUT2D eigenvalue weighted by molar-refractivity contribution is 5.63. The summed E-state index contributed by atoms with van der Waals surface area (Å²) in [7, 11) is 0. The van der Waals surface area contributed by atoms with E-state index in [-0.39, 0.29) is 0 Å². The van der Waals surface area contributed by atoms with Crippen LogP contribution in [0.1, 0.15) is 6.92 Å². The van der Waals surface area contributed by atoms with E-state index in [4.69, 9.17) is 10.3 Å². The molecule has 0 radical (unpaired) electrons. The molecule has 1 unspecified atom stereocenters. The number of hydrogen-bond donors (Lipinski definition) is 2. The standard InChI is InChI=1S/C5H8F3NO3/c1-3(5(6,7)8)2-9(12)4(10)11/h3,12H,2H2,1H3,(H,10,11). The fourth-order valence-electron chi connectivity index (χ4n) is 0.441. The maximum atomic E-state index is 11.7. The summed E-state index contributed by atoms with van der Waals surface area (Å²) in [6, 6.07) is 0. The SMILES string of the molecule is CC(CN(O)C(=O)O)C(F)(F)F. The van der Waals surface area contributed by atoms with Crippen LogP contribution >= 0.6 is 0 Å². The molecule has 72 valence electrons. The van der Waals surface area contributed by atoms with Crippen molar-refractivity contribution in [3.05, 3.63) is 0 Å². The molecule has 0 fully saturated rings. The smallest absolute Gasteiger partial charge is 0.431 e. The number of amides is 1. The highest BCUT2D eigenvalue weighted by Gasteiger charge is 2.37. The van der Waals surface area contributed by atoms with Crippen molar-refractivity contribution >= 4 is 6.09 Å². The molecule has 0 rings (SSSR count). The first-order valence-electron chi connectivity index (χ1n) is 3.01. The van der Waals surface area contributed by atoms with Crippen LogP contribution in [0.5, 0.6) is 0 Å². The lowest BCUT2D eigenvalue weighted by molar-refractivity contribution is -0.190. The summed E-state index contributed by atoms with van der Waals surface area (Å²) in [6.07, 6.45) is -6.29. The van der Waals surface area contributed by atoms with Crippen LogP contribution in [-0.2, 0) is 0 Å². The van der Waals surface area contributed by atoms with Crippen LogP contribution in [0.3, 0.4) is 0 Å². The summed E-state index contributed by atoms with van der Waals surface area (Å²) in [4.78, 5) is 9.87. The number of halogens is 3. The second-order valence-electron chi connectivity index (χ2n) is 2.31. The number of alkyl halides is 3. The largest absolute Gasteiger partial charge is 0.463 e. The first kappa shape index (κ1) is 11.0. The molecular formula is C5H8F3NO3. The lowest BCUT2D eigenvalue weighted by Gasteiger charge is -2.18. The van der Waals surface area contributed by atoms with Gasteiger partial charge in [0.15, 0.2) is 0 Å². The molecule has 0 spiro atoms. The summed E-state index contributed by atoms with van der Waals surface area (Å²) in [5.41, 5.74) is 0. The van der Waals surface area contributed by atoms with Crippen molar-refractivity contribution in [2.75, 3.05) is 6.54 Å². The van der Waals surface area contributed by atoms with Gasteiger partial charge in [-0.25, -0.2) is 4.79 Å². The zero-order chi connectivity index (χ0) is 9.94. The third-order valence-electron chi connectivity index (χ3n) is 1.23. The number of carboxylic acid groups (broad SMARTS) is 1. The second-order valence-corrected chi connectivity index (χ2v) is 2.31. The number of rotatable bonds is 2. The van der Waals surface area contributed by atoms with Gasteiger partial charge < -0.3 is 5.11 Å². The Kier molecular flexibility index (Phi) is 3.32. The molecule has 0 saturated carbocycles. The molecule has 4 nitrogen and oxygen atoms in total. The van der Waals surface area contributed by atoms with E-state index in [1.165, 1.54) is 0 Å². The molecule has 7 heteroatoms. The number of hydroxylamine groups is 2. The Hall–Kier alpha value is -0.980. The Morgan fingerprint density at radius 1 is 1.58 bits per heavy atom.